The monoisotopic (exact) mass is 168 g/mol. The molecule has 1 saturated heterocycles. The molecule has 2 fully saturated rings. The first-order valence-corrected chi connectivity index (χ1v) is 5.08. The second-order valence-corrected chi connectivity index (χ2v) is 5.39. The van der Waals surface area contributed by atoms with Crippen molar-refractivity contribution in [1.82, 2.24) is 10.9 Å². The molecule has 0 aromatic carbocycles. The molecule has 1 saturated carbocycles. The lowest BCUT2D eigenvalue weighted by molar-refractivity contribution is 0.285. The predicted molar refractivity (Wildman–Crippen MR) is 50.6 cm³/mol. The van der Waals surface area contributed by atoms with Gasteiger partial charge in [0.1, 0.15) is 0 Å². The van der Waals surface area contributed by atoms with Crippen molar-refractivity contribution >= 4 is 0 Å². The van der Waals surface area contributed by atoms with E-state index in [0.29, 0.717) is 11.5 Å². The third-order valence-electron chi connectivity index (χ3n) is 3.17. The topological polar surface area (TPSA) is 24.1 Å². The summed E-state index contributed by atoms with van der Waals surface area (Å²) >= 11 is 0. The highest BCUT2D eigenvalue weighted by Crippen LogP contribution is 2.38. The first-order valence-electron chi connectivity index (χ1n) is 5.08. The minimum absolute atomic E-state index is 0.399. The third-order valence-corrected chi connectivity index (χ3v) is 3.17. The minimum atomic E-state index is 0.399. The van der Waals surface area contributed by atoms with E-state index < -0.39 is 0 Å². The molecule has 12 heavy (non-hydrogen) atoms. The highest BCUT2D eigenvalue weighted by Gasteiger charge is 2.39. The van der Waals surface area contributed by atoms with Crippen LogP contribution in [-0.2, 0) is 0 Å². The number of nitrogens with one attached hydrogen (secondary N) is 2. The third kappa shape index (κ3) is 1.64. The van der Waals surface area contributed by atoms with Gasteiger partial charge in [-0.05, 0) is 30.6 Å². The molecule has 1 heterocycles. The Morgan fingerprint density at radius 3 is 2.17 bits per heavy atom. The molecule has 2 heteroatoms. The average molecular weight is 168 g/mol. The van der Waals surface area contributed by atoms with Gasteiger partial charge >= 0.3 is 0 Å². The van der Waals surface area contributed by atoms with Crippen molar-refractivity contribution in [3.63, 3.8) is 0 Å². The van der Waals surface area contributed by atoms with Crippen LogP contribution in [0.4, 0.5) is 0 Å². The first kappa shape index (κ1) is 8.52. The van der Waals surface area contributed by atoms with Crippen LogP contribution in [0.3, 0.4) is 0 Å². The predicted octanol–water partition coefficient (Wildman–Crippen LogP) is 1.68. The number of hydrazine groups is 1. The first-order chi connectivity index (χ1) is 5.57. The van der Waals surface area contributed by atoms with Gasteiger partial charge in [-0.2, -0.15) is 0 Å². The molecule has 0 aromatic heterocycles. The Morgan fingerprint density at radius 2 is 1.75 bits per heavy atom. The van der Waals surface area contributed by atoms with Crippen molar-refractivity contribution < 1.29 is 0 Å². The second kappa shape index (κ2) is 2.71. The molecule has 0 bridgehead atoms. The van der Waals surface area contributed by atoms with Gasteiger partial charge in [-0.1, -0.05) is 20.8 Å². The molecule has 2 rings (SSSR count). The van der Waals surface area contributed by atoms with Gasteiger partial charge in [0.15, 0.2) is 0 Å². The maximum Gasteiger partial charge on any atom is 0.0276 e. The molecule has 1 aliphatic carbocycles. The summed E-state index contributed by atoms with van der Waals surface area (Å²) in [5, 5.41) is 0. The van der Waals surface area contributed by atoms with E-state index >= 15 is 0 Å². The smallest absolute Gasteiger partial charge is 0.0276 e. The van der Waals surface area contributed by atoms with Crippen LogP contribution in [0.1, 0.15) is 40.0 Å². The van der Waals surface area contributed by atoms with Crippen molar-refractivity contribution in [2.24, 2.45) is 11.3 Å². The van der Waals surface area contributed by atoms with Gasteiger partial charge in [0, 0.05) is 12.1 Å². The van der Waals surface area contributed by atoms with Crippen molar-refractivity contribution in [2.45, 2.75) is 52.1 Å². The number of hydrogen-bond acceptors (Lipinski definition) is 2. The van der Waals surface area contributed by atoms with Crippen molar-refractivity contribution in [1.29, 1.82) is 0 Å². The summed E-state index contributed by atoms with van der Waals surface area (Å²) in [5.41, 5.74) is 7.24. The Labute approximate surface area is 75.1 Å². The van der Waals surface area contributed by atoms with Gasteiger partial charge in [-0.15, -0.1) is 0 Å². The molecular formula is C10H20N2. The van der Waals surface area contributed by atoms with E-state index in [0.717, 1.165) is 12.0 Å². The van der Waals surface area contributed by atoms with Gasteiger partial charge in [-0.3, -0.25) is 10.9 Å². The summed E-state index contributed by atoms with van der Waals surface area (Å²) in [6.45, 7) is 6.92. The van der Waals surface area contributed by atoms with Gasteiger partial charge in [0.25, 0.3) is 0 Å². The van der Waals surface area contributed by atoms with E-state index in [-0.39, 0.29) is 0 Å². The van der Waals surface area contributed by atoms with Crippen LogP contribution in [0.5, 0.6) is 0 Å². The van der Waals surface area contributed by atoms with Gasteiger partial charge in [0.2, 0.25) is 0 Å². The van der Waals surface area contributed by atoms with Crippen LogP contribution >= 0.6 is 0 Å². The molecule has 2 unspecified atom stereocenters. The van der Waals surface area contributed by atoms with E-state index in [1.165, 1.54) is 19.3 Å². The van der Waals surface area contributed by atoms with Crippen molar-refractivity contribution in [2.75, 3.05) is 0 Å². The summed E-state index contributed by atoms with van der Waals surface area (Å²) in [5.74, 6) is 0.977. The van der Waals surface area contributed by atoms with E-state index in [1.54, 1.807) is 0 Å². The highest BCUT2D eigenvalue weighted by molar-refractivity contribution is 4.95. The lowest BCUT2D eigenvalue weighted by Gasteiger charge is -2.26. The fourth-order valence-corrected chi connectivity index (χ4v) is 1.96. The summed E-state index contributed by atoms with van der Waals surface area (Å²) in [7, 11) is 0. The Balaban J connectivity index is 1.88. The molecule has 0 amide bonds. The molecular weight excluding hydrogens is 148 g/mol. The number of rotatable bonds is 1. The lowest BCUT2D eigenvalue weighted by atomic mass is 9.84. The fraction of sp³-hybridized carbons (Fsp3) is 1.00. The molecule has 70 valence electrons. The molecule has 0 radical (unpaired) electrons. The molecule has 2 atom stereocenters. The molecule has 0 spiro atoms. The molecule has 0 aromatic rings. The van der Waals surface area contributed by atoms with Crippen molar-refractivity contribution in [3.05, 3.63) is 0 Å². The average Bonchev–Trinajstić information content (AvgIpc) is 2.66. The summed E-state index contributed by atoms with van der Waals surface area (Å²) < 4.78 is 0. The van der Waals surface area contributed by atoms with Gasteiger partial charge in [0.05, 0.1) is 0 Å². The normalized spacial score (nSPS) is 37.2. The van der Waals surface area contributed by atoms with Gasteiger partial charge < -0.3 is 0 Å². The summed E-state index contributed by atoms with van der Waals surface area (Å²) in [6.07, 6.45) is 4.20. The Bertz CT molecular complexity index is 167. The molecule has 2 N–H and O–H groups in total. The number of hydrogen-bond donors (Lipinski definition) is 2. The van der Waals surface area contributed by atoms with Crippen LogP contribution in [0, 0.1) is 11.3 Å². The van der Waals surface area contributed by atoms with Crippen LogP contribution in [0.15, 0.2) is 0 Å². The summed E-state index contributed by atoms with van der Waals surface area (Å²) in [6, 6.07) is 1.41. The zero-order valence-electron chi connectivity index (χ0n) is 8.35. The van der Waals surface area contributed by atoms with Crippen LogP contribution < -0.4 is 10.9 Å². The highest BCUT2D eigenvalue weighted by atomic mass is 15.4. The molecule has 1 aliphatic heterocycles. The molecule has 2 aliphatic rings. The van der Waals surface area contributed by atoms with Crippen LogP contribution in [-0.4, -0.2) is 12.1 Å². The minimum Gasteiger partial charge on any atom is -0.254 e. The lowest BCUT2D eigenvalue weighted by Crippen LogP contribution is -2.40. The van der Waals surface area contributed by atoms with Crippen molar-refractivity contribution in [3.8, 4) is 0 Å². The van der Waals surface area contributed by atoms with Crippen LogP contribution in [0.2, 0.25) is 0 Å². The van der Waals surface area contributed by atoms with E-state index in [4.69, 9.17) is 0 Å². The Hall–Kier alpha value is -0.0800. The zero-order valence-corrected chi connectivity index (χ0v) is 8.35. The maximum absolute atomic E-state index is 3.43. The standard InChI is InChI=1S/C10H20N2/c1-10(2,3)9-6-8(11-12-9)7-4-5-7/h7-9,11-12H,4-6H2,1-3H3. The summed E-state index contributed by atoms with van der Waals surface area (Å²) in [4.78, 5) is 0. The Morgan fingerprint density at radius 1 is 1.08 bits per heavy atom. The van der Waals surface area contributed by atoms with Crippen LogP contribution in [0.25, 0.3) is 0 Å². The van der Waals surface area contributed by atoms with Gasteiger partial charge in [-0.25, -0.2) is 0 Å². The fourth-order valence-electron chi connectivity index (χ4n) is 1.96. The zero-order chi connectivity index (χ0) is 8.77. The second-order valence-electron chi connectivity index (χ2n) is 5.39. The molecule has 2 nitrogen and oxygen atoms in total. The van der Waals surface area contributed by atoms with E-state index in [2.05, 4.69) is 31.6 Å². The maximum atomic E-state index is 3.43. The van der Waals surface area contributed by atoms with E-state index in [1.807, 2.05) is 0 Å². The quantitative estimate of drug-likeness (QED) is 0.622. The van der Waals surface area contributed by atoms with E-state index in [9.17, 15) is 0 Å². The Kier molecular flexibility index (Phi) is 1.92. The SMILES string of the molecule is CC(C)(C)C1CC(C2CC2)NN1. The largest absolute Gasteiger partial charge is 0.254 e.